The van der Waals surface area contributed by atoms with E-state index < -0.39 is 5.91 Å². The van der Waals surface area contributed by atoms with Crippen LogP contribution in [-0.2, 0) is 0 Å². The SMILES string of the molecule is NNc1ncccc1C(=O)Nc1cc(Cl)c(Cl)cc1Cl. The summed E-state index contributed by atoms with van der Waals surface area (Å²) in [6, 6.07) is 6.11. The van der Waals surface area contributed by atoms with Gasteiger partial charge in [-0.3, -0.25) is 4.79 Å². The van der Waals surface area contributed by atoms with Crippen molar-refractivity contribution in [2.75, 3.05) is 10.7 Å². The number of halogens is 3. The standard InChI is InChI=1S/C12H9Cl3N4O/c13-7-4-9(15)10(5-8(7)14)18-12(20)6-2-1-3-17-11(6)19-16/h1-5H,16H2,(H,17,19)(H,18,20). The van der Waals surface area contributed by atoms with Crippen molar-refractivity contribution in [2.45, 2.75) is 0 Å². The number of nitrogens with one attached hydrogen (secondary N) is 2. The van der Waals surface area contributed by atoms with Crippen molar-refractivity contribution in [1.29, 1.82) is 0 Å². The minimum absolute atomic E-state index is 0.251. The van der Waals surface area contributed by atoms with Crippen molar-refractivity contribution < 1.29 is 4.79 Å². The zero-order valence-electron chi connectivity index (χ0n) is 9.95. The Balaban J connectivity index is 2.30. The van der Waals surface area contributed by atoms with Gasteiger partial charge in [0.15, 0.2) is 5.82 Å². The number of nitrogens with two attached hydrogens (primary N) is 1. The summed E-state index contributed by atoms with van der Waals surface area (Å²) in [5.74, 6) is 5.12. The number of carbonyl (C=O) groups excluding carboxylic acids is 1. The van der Waals surface area contributed by atoms with Gasteiger partial charge in [-0.05, 0) is 24.3 Å². The number of aromatic nitrogens is 1. The van der Waals surface area contributed by atoms with E-state index >= 15 is 0 Å². The summed E-state index contributed by atoms with van der Waals surface area (Å²) < 4.78 is 0. The molecule has 1 aromatic heterocycles. The Morgan fingerprint density at radius 3 is 2.55 bits per heavy atom. The second-order valence-electron chi connectivity index (χ2n) is 3.74. The number of amides is 1. The average Bonchev–Trinajstić information content (AvgIpc) is 2.44. The Labute approximate surface area is 130 Å². The van der Waals surface area contributed by atoms with Crippen LogP contribution < -0.4 is 16.6 Å². The molecule has 0 bridgehead atoms. The summed E-state index contributed by atoms with van der Waals surface area (Å²) in [5.41, 5.74) is 2.97. The normalized spacial score (nSPS) is 10.2. The third-order valence-corrected chi connectivity index (χ3v) is 3.48. The highest BCUT2D eigenvalue weighted by Crippen LogP contribution is 2.32. The molecule has 0 saturated carbocycles. The van der Waals surface area contributed by atoms with Crippen LogP contribution in [0.3, 0.4) is 0 Å². The van der Waals surface area contributed by atoms with E-state index in [0.29, 0.717) is 10.7 Å². The van der Waals surface area contributed by atoms with Crippen molar-refractivity contribution >= 4 is 52.2 Å². The minimum atomic E-state index is -0.425. The van der Waals surface area contributed by atoms with Crippen LogP contribution in [-0.4, -0.2) is 10.9 Å². The van der Waals surface area contributed by atoms with E-state index in [0.717, 1.165) is 0 Å². The first-order chi connectivity index (χ1) is 9.52. The van der Waals surface area contributed by atoms with Crippen molar-refractivity contribution in [3.05, 3.63) is 51.1 Å². The third-order valence-electron chi connectivity index (χ3n) is 2.45. The maximum Gasteiger partial charge on any atom is 0.259 e. The van der Waals surface area contributed by atoms with E-state index in [9.17, 15) is 4.79 Å². The lowest BCUT2D eigenvalue weighted by molar-refractivity contribution is 0.102. The number of hydrogen-bond donors (Lipinski definition) is 3. The van der Waals surface area contributed by atoms with Crippen LogP contribution in [0.4, 0.5) is 11.5 Å². The van der Waals surface area contributed by atoms with Gasteiger partial charge in [-0.25, -0.2) is 10.8 Å². The monoisotopic (exact) mass is 330 g/mol. The van der Waals surface area contributed by atoms with Gasteiger partial charge >= 0.3 is 0 Å². The zero-order valence-corrected chi connectivity index (χ0v) is 12.2. The molecule has 0 aliphatic carbocycles. The van der Waals surface area contributed by atoms with Crippen LogP contribution in [0.5, 0.6) is 0 Å². The predicted molar refractivity (Wildman–Crippen MR) is 81.5 cm³/mol. The van der Waals surface area contributed by atoms with Crippen LogP contribution in [0.15, 0.2) is 30.5 Å². The quantitative estimate of drug-likeness (QED) is 0.456. The molecule has 0 unspecified atom stereocenters. The molecule has 0 aliphatic heterocycles. The Hall–Kier alpha value is -1.53. The number of hydrazine groups is 1. The maximum absolute atomic E-state index is 12.2. The third kappa shape index (κ3) is 3.13. The van der Waals surface area contributed by atoms with Gasteiger partial charge < -0.3 is 10.7 Å². The molecule has 20 heavy (non-hydrogen) atoms. The zero-order chi connectivity index (χ0) is 14.7. The molecule has 0 saturated heterocycles. The minimum Gasteiger partial charge on any atom is -0.320 e. The lowest BCUT2D eigenvalue weighted by Gasteiger charge is -2.10. The summed E-state index contributed by atoms with van der Waals surface area (Å²) in [5, 5.41) is 3.49. The molecule has 1 heterocycles. The van der Waals surface area contributed by atoms with Gasteiger partial charge in [0, 0.05) is 6.20 Å². The molecule has 0 aliphatic rings. The van der Waals surface area contributed by atoms with Crippen molar-refractivity contribution in [3.8, 4) is 0 Å². The molecule has 5 nitrogen and oxygen atoms in total. The van der Waals surface area contributed by atoms with Crippen molar-refractivity contribution in [3.63, 3.8) is 0 Å². The van der Waals surface area contributed by atoms with Gasteiger partial charge in [0.05, 0.1) is 26.3 Å². The predicted octanol–water partition coefficient (Wildman–Crippen LogP) is 3.58. The average molecular weight is 332 g/mol. The van der Waals surface area contributed by atoms with Crippen LogP contribution in [0.1, 0.15) is 10.4 Å². The molecular formula is C12H9Cl3N4O. The summed E-state index contributed by atoms with van der Waals surface area (Å²) in [7, 11) is 0. The van der Waals surface area contributed by atoms with Crippen LogP contribution in [0.25, 0.3) is 0 Å². The molecule has 4 N–H and O–H groups in total. The van der Waals surface area contributed by atoms with Crippen LogP contribution >= 0.6 is 34.8 Å². The summed E-state index contributed by atoms with van der Waals surface area (Å²) >= 11 is 17.7. The molecular weight excluding hydrogens is 323 g/mol. The molecule has 0 fully saturated rings. The molecule has 104 valence electrons. The highest BCUT2D eigenvalue weighted by atomic mass is 35.5. The summed E-state index contributed by atoms with van der Waals surface area (Å²) in [4.78, 5) is 16.1. The van der Waals surface area contributed by atoms with E-state index in [4.69, 9.17) is 40.6 Å². The highest BCUT2D eigenvalue weighted by molar-refractivity contribution is 6.44. The molecule has 2 rings (SSSR count). The van der Waals surface area contributed by atoms with Crippen molar-refractivity contribution in [1.82, 2.24) is 4.98 Å². The second-order valence-corrected chi connectivity index (χ2v) is 4.97. The Morgan fingerprint density at radius 1 is 1.15 bits per heavy atom. The number of anilines is 2. The number of benzene rings is 1. The van der Waals surface area contributed by atoms with E-state index in [-0.39, 0.29) is 21.4 Å². The van der Waals surface area contributed by atoms with E-state index in [1.54, 1.807) is 12.1 Å². The first-order valence-electron chi connectivity index (χ1n) is 5.40. The smallest absolute Gasteiger partial charge is 0.259 e. The fourth-order valence-electron chi connectivity index (χ4n) is 1.51. The number of nitrogen functional groups attached to an aromatic ring is 1. The Bertz CT molecular complexity index is 663. The Morgan fingerprint density at radius 2 is 1.85 bits per heavy atom. The number of hydrogen-bond acceptors (Lipinski definition) is 4. The van der Waals surface area contributed by atoms with Gasteiger partial charge in [0.25, 0.3) is 5.91 Å². The second kappa shape index (κ2) is 6.28. The fourth-order valence-corrected chi connectivity index (χ4v) is 2.11. The van der Waals surface area contributed by atoms with Crippen LogP contribution in [0, 0.1) is 0 Å². The Kier molecular flexibility index (Phi) is 4.67. The topological polar surface area (TPSA) is 80.0 Å². The molecule has 2 aromatic rings. The van der Waals surface area contributed by atoms with E-state index in [1.165, 1.54) is 18.3 Å². The largest absolute Gasteiger partial charge is 0.320 e. The number of nitrogens with zero attached hydrogens (tertiary/aromatic N) is 1. The van der Waals surface area contributed by atoms with Crippen LogP contribution in [0.2, 0.25) is 15.1 Å². The lowest BCUT2D eigenvalue weighted by Crippen LogP contribution is -2.18. The first kappa shape index (κ1) is 14.9. The van der Waals surface area contributed by atoms with E-state index in [2.05, 4.69) is 15.7 Å². The molecule has 8 heteroatoms. The number of rotatable bonds is 3. The summed E-state index contributed by atoms with van der Waals surface area (Å²) in [6.07, 6.45) is 1.51. The van der Waals surface area contributed by atoms with Crippen molar-refractivity contribution in [2.24, 2.45) is 5.84 Å². The van der Waals surface area contributed by atoms with Gasteiger partial charge in [0.2, 0.25) is 0 Å². The number of pyridine rings is 1. The molecule has 1 amide bonds. The maximum atomic E-state index is 12.2. The summed E-state index contributed by atoms with van der Waals surface area (Å²) in [6.45, 7) is 0. The molecule has 0 spiro atoms. The lowest BCUT2D eigenvalue weighted by atomic mass is 10.2. The highest BCUT2D eigenvalue weighted by Gasteiger charge is 2.14. The molecule has 0 atom stereocenters. The van der Waals surface area contributed by atoms with E-state index in [1.807, 2.05) is 0 Å². The van der Waals surface area contributed by atoms with Gasteiger partial charge in [-0.2, -0.15) is 0 Å². The van der Waals surface area contributed by atoms with Gasteiger partial charge in [0.1, 0.15) is 0 Å². The molecule has 0 radical (unpaired) electrons. The number of carbonyl (C=O) groups is 1. The fraction of sp³-hybridized carbons (Fsp3) is 0. The van der Waals surface area contributed by atoms with Gasteiger partial charge in [-0.15, -0.1) is 0 Å². The van der Waals surface area contributed by atoms with Gasteiger partial charge in [-0.1, -0.05) is 34.8 Å². The molecule has 1 aromatic carbocycles. The first-order valence-corrected chi connectivity index (χ1v) is 6.54.